The fraction of sp³-hybridized carbons (Fsp3) is 0.800. The number of hydrogen-bond donors (Lipinski definition) is 0. The molecule has 3 fully saturated rings. The third kappa shape index (κ3) is 1.56. The highest BCUT2D eigenvalue weighted by molar-refractivity contribution is 5.90. The lowest BCUT2D eigenvalue weighted by Gasteiger charge is -2.30. The monoisotopic (exact) mass is 234 g/mol. The summed E-state index contributed by atoms with van der Waals surface area (Å²) >= 11 is 0. The van der Waals surface area contributed by atoms with Crippen LogP contribution in [0.1, 0.15) is 39.5 Å². The molecule has 0 bridgehead atoms. The van der Waals surface area contributed by atoms with Crippen LogP contribution in [0.3, 0.4) is 0 Å². The Hall–Kier alpha value is -0.790. The molecule has 0 spiro atoms. The first-order chi connectivity index (χ1) is 8.09. The lowest BCUT2D eigenvalue weighted by atomic mass is 9.78. The van der Waals surface area contributed by atoms with Crippen molar-refractivity contribution in [2.24, 2.45) is 29.6 Å². The smallest absolute Gasteiger partial charge is 0.334 e. The van der Waals surface area contributed by atoms with Gasteiger partial charge < -0.3 is 4.74 Å². The van der Waals surface area contributed by atoms with Gasteiger partial charge in [-0.05, 0) is 37.0 Å². The van der Waals surface area contributed by atoms with Gasteiger partial charge in [-0.2, -0.15) is 0 Å². The number of rotatable bonds is 0. The van der Waals surface area contributed by atoms with Crippen molar-refractivity contribution in [1.82, 2.24) is 0 Å². The third-order valence-corrected chi connectivity index (χ3v) is 5.50. The van der Waals surface area contributed by atoms with Gasteiger partial charge in [0.05, 0.1) is 0 Å². The summed E-state index contributed by atoms with van der Waals surface area (Å²) in [4.78, 5) is 11.7. The maximum absolute atomic E-state index is 11.7. The second-order valence-corrected chi connectivity index (χ2v) is 6.35. The predicted molar refractivity (Wildman–Crippen MR) is 66.3 cm³/mol. The second kappa shape index (κ2) is 3.86. The zero-order valence-corrected chi connectivity index (χ0v) is 10.8. The molecule has 0 radical (unpaired) electrons. The molecule has 0 aromatic carbocycles. The molecule has 1 aliphatic heterocycles. The van der Waals surface area contributed by atoms with E-state index in [1.165, 1.54) is 19.3 Å². The van der Waals surface area contributed by atoms with Crippen LogP contribution in [0.15, 0.2) is 12.2 Å². The van der Waals surface area contributed by atoms with Crippen molar-refractivity contribution in [3.05, 3.63) is 12.2 Å². The van der Waals surface area contributed by atoms with Crippen LogP contribution >= 0.6 is 0 Å². The average molecular weight is 234 g/mol. The minimum Gasteiger partial charge on any atom is -0.458 e. The summed E-state index contributed by atoms with van der Waals surface area (Å²) in [5, 5.41) is 0. The highest BCUT2D eigenvalue weighted by Crippen LogP contribution is 2.52. The first-order valence-corrected chi connectivity index (χ1v) is 6.99. The van der Waals surface area contributed by atoms with Crippen molar-refractivity contribution in [3.8, 4) is 0 Å². The predicted octanol–water partition coefficient (Wildman–Crippen LogP) is 3.18. The molecule has 94 valence electrons. The molecule has 1 heterocycles. The Morgan fingerprint density at radius 1 is 1.12 bits per heavy atom. The number of fused-ring (bicyclic) bond motifs is 3. The Morgan fingerprint density at radius 3 is 2.59 bits per heavy atom. The summed E-state index contributed by atoms with van der Waals surface area (Å²) in [6, 6.07) is 0. The van der Waals surface area contributed by atoms with Crippen molar-refractivity contribution in [3.63, 3.8) is 0 Å². The van der Waals surface area contributed by atoms with Crippen molar-refractivity contribution >= 4 is 5.97 Å². The molecule has 0 N–H and O–H groups in total. The molecule has 3 aliphatic rings. The molecular formula is C15H22O2. The molecule has 17 heavy (non-hydrogen) atoms. The molecular weight excluding hydrogens is 212 g/mol. The molecule has 1 saturated heterocycles. The van der Waals surface area contributed by atoms with E-state index in [4.69, 9.17) is 4.74 Å². The van der Waals surface area contributed by atoms with Crippen molar-refractivity contribution in [2.45, 2.75) is 45.6 Å². The van der Waals surface area contributed by atoms with Gasteiger partial charge >= 0.3 is 5.97 Å². The van der Waals surface area contributed by atoms with Crippen LogP contribution in [0.4, 0.5) is 0 Å². The van der Waals surface area contributed by atoms with Crippen LogP contribution in [0.2, 0.25) is 0 Å². The third-order valence-electron chi connectivity index (χ3n) is 5.50. The molecule has 2 heteroatoms. The van der Waals surface area contributed by atoms with E-state index in [1.54, 1.807) is 0 Å². The molecule has 0 aromatic rings. The number of ether oxygens (including phenoxy) is 1. The van der Waals surface area contributed by atoms with E-state index in [2.05, 4.69) is 20.4 Å². The standard InChI is InChI=1S/C15H22O2/c1-8-4-7-12-10(3)15(16)17-14(12)13-9(2)5-6-11(8)13/h8-9,11-14H,3-7H2,1-2H3/t8-,9+,11+,12+,13+,14+/m1/s1. The fourth-order valence-corrected chi connectivity index (χ4v) is 4.47. The van der Waals surface area contributed by atoms with E-state index < -0.39 is 0 Å². The lowest BCUT2D eigenvalue weighted by molar-refractivity contribution is -0.142. The highest BCUT2D eigenvalue weighted by atomic mass is 16.6. The van der Waals surface area contributed by atoms with Gasteiger partial charge in [-0.1, -0.05) is 26.8 Å². The maximum atomic E-state index is 11.7. The molecule has 3 rings (SSSR count). The van der Waals surface area contributed by atoms with E-state index in [9.17, 15) is 4.79 Å². The van der Waals surface area contributed by atoms with Gasteiger partial charge in [0, 0.05) is 17.4 Å². The summed E-state index contributed by atoms with van der Waals surface area (Å²) < 4.78 is 5.65. The molecule has 2 aliphatic carbocycles. The van der Waals surface area contributed by atoms with Gasteiger partial charge in [-0.15, -0.1) is 0 Å². The van der Waals surface area contributed by atoms with Crippen LogP contribution in [0, 0.1) is 29.6 Å². The molecule has 0 aromatic heterocycles. The van der Waals surface area contributed by atoms with E-state index in [0.29, 0.717) is 17.8 Å². The van der Waals surface area contributed by atoms with Crippen LogP contribution in [0.5, 0.6) is 0 Å². The minimum absolute atomic E-state index is 0.132. The largest absolute Gasteiger partial charge is 0.458 e. The SMILES string of the molecule is C=C1C(=O)O[C@@H]2[C@@H]3[C@@H](CC[C@@H]3C)[C@H](C)CC[C@@H]12. The Bertz CT molecular complexity index is 360. The summed E-state index contributed by atoms with van der Waals surface area (Å²) in [5.41, 5.74) is 0.738. The first kappa shape index (κ1) is 11.3. The minimum atomic E-state index is -0.132. The number of esters is 1. The second-order valence-electron chi connectivity index (χ2n) is 6.35. The van der Waals surface area contributed by atoms with Crippen LogP contribution in [-0.4, -0.2) is 12.1 Å². The summed E-state index contributed by atoms with van der Waals surface area (Å²) in [5.74, 6) is 3.00. The molecule has 6 atom stereocenters. The average Bonchev–Trinajstić information content (AvgIpc) is 2.75. The van der Waals surface area contributed by atoms with Crippen molar-refractivity contribution in [2.75, 3.05) is 0 Å². The Labute approximate surface area is 103 Å². The van der Waals surface area contributed by atoms with Gasteiger partial charge in [0.1, 0.15) is 6.10 Å². The Kier molecular flexibility index (Phi) is 2.57. The molecule has 0 unspecified atom stereocenters. The number of carbonyl (C=O) groups excluding carboxylic acids is 1. The van der Waals surface area contributed by atoms with Crippen LogP contribution < -0.4 is 0 Å². The zero-order valence-electron chi connectivity index (χ0n) is 10.8. The van der Waals surface area contributed by atoms with Gasteiger partial charge in [-0.25, -0.2) is 4.79 Å². The lowest BCUT2D eigenvalue weighted by Crippen LogP contribution is -2.32. The zero-order chi connectivity index (χ0) is 12.2. The molecule has 0 amide bonds. The topological polar surface area (TPSA) is 26.3 Å². The summed E-state index contributed by atoms with van der Waals surface area (Å²) in [6.45, 7) is 8.66. The van der Waals surface area contributed by atoms with E-state index in [0.717, 1.165) is 23.8 Å². The highest BCUT2D eigenvalue weighted by Gasteiger charge is 2.52. The van der Waals surface area contributed by atoms with Crippen molar-refractivity contribution in [1.29, 1.82) is 0 Å². The number of hydrogen-bond acceptors (Lipinski definition) is 2. The molecule has 2 nitrogen and oxygen atoms in total. The molecule has 2 saturated carbocycles. The fourth-order valence-electron chi connectivity index (χ4n) is 4.47. The van der Waals surface area contributed by atoms with E-state index in [1.807, 2.05) is 0 Å². The van der Waals surface area contributed by atoms with Gasteiger partial charge in [0.15, 0.2) is 0 Å². The van der Waals surface area contributed by atoms with Gasteiger partial charge in [-0.3, -0.25) is 0 Å². The van der Waals surface area contributed by atoms with Crippen LogP contribution in [0.25, 0.3) is 0 Å². The van der Waals surface area contributed by atoms with Gasteiger partial charge in [0.25, 0.3) is 0 Å². The normalized spacial score (nSPS) is 49.5. The Morgan fingerprint density at radius 2 is 1.82 bits per heavy atom. The van der Waals surface area contributed by atoms with Gasteiger partial charge in [0.2, 0.25) is 0 Å². The number of carbonyl (C=O) groups is 1. The maximum Gasteiger partial charge on any atom is 0.334 e. The summed E-state index contributed by atoms with van der Waals surface area (Å²) in [7, 11) is 0. The first-order valence-electron chi connectivity index (χ1n) is 6.99. The Balaban J connectivity index is 1.95. The van der Waals surface area contributed by atoms with E-state index >= 15 is 0 Å². The summed E-state index contributed by atoms with van der Waals surface area (Å²) in [6.07, 6.45) is 5.08. The van der Waals surface area contributed by atoms with Crippen LogP contribution in [-0.2, 0) is 9.53 Å². The van der Waals surface area contributed by atoms with Crippen molar-refractivity contribution < 1.29 is 9.53 Å². The quantitative estimate of drug-likeness (QED) is 0.475. The van der Waals surface area contributed by atoms with E-state index in [-0.39, 0.29) is 12.1 Å².